The number of carbonyl (C=O) groups excluding carboxylic acids is 1. The van der Waals surface area contributed by atoms with Crippen molar-refractivity contribution in [1.29, 1.82) is 0 Å². The second kappa shape index (κ2) is 6.85. The largest absolute Gasteiger partial charge is 0.379 e. The van der Waals surface area contributed by atoms with Gasteiger partial charge in [-0.3, -0.25) is 14.9 Å². The summed E-state index contributed by atoms with van der Waals surface area (Å²) in [6, 6.07) is 4.18. The van der Waals surface area contributed by atoms with Crippen LogP contribution in [-0.2, 0) is 0 Å². The lowest BCUT2D eigenvalue weighted by molar-refractivity contribution is -0.384. The average molecular weight is 269 g/mol. The molecule has 18 heavy (non-hydrogen) atoms. The van der Waals surface area contributed by atoms with E-state index in [2.05, 4.69) is 5.32 Å². The van der Waals surface area contributed by atoms with Crippen molar-refractivity contribution in [2.45, 2.75) is 6.42 Å². The van der Waals surface area contributed by atoms with E-state index in [0.717, 1.165) is 12.2 Å². The molecule has 0 saturated carbocycles. The number of nitrogens with zero attached hydrogens (tertiary/aromatic N) is 1. The van der Waals surface area contributed by atoms with Crippen LogP contribution in [0.1, 0.15) is 16.8 Å². The molecule has 0 unspecified atom stereocenters. The SMILES string of the molecule is CSCCCNc1ccc(C(N)=O)cc1[N+](=O)[O-]. The fourth-order valence-electron chi connectivity index (χ4n) is 1.43. The molecule has 0 radical (unpaired) electrons. The second-order valence-electron chi connectivity index (χ2n) is 3.63. The van der Waals surface area contributed by atoms with E-state index in [1.165, 1.54) is 18.2 Å². The minimum Gasteiger partial charge on any atom is -0.379 e. The smallest absolute Gasteiger partial charge is 0.293 e. The number of nitrogens with one attached hydrogen (secondary N) is 1. The lowest BCUT2D eigenvalue weighted by Gasteiger charge is -2.07. The second-order valence-corrected chi connectivity index (χ2v) is 4.61. The van der Waals surface area contributed by atoms with E-state index in [-0.39, 0.29) is 11.3 Å². The van der Waals surface area contributed by atoms with Gasteiger partial charge in [-0.15, -0.1) is 0 Å². The van der Waals surface area contributed by atoms with Crippen molar-refractivity contribution in [3.8, 4) is 0 Å². The summed E-state index contributed by atoms with van der Waals surface area (Å²) in [5, 5.41) is 13.9. The molecule has 0 atom stereocenters. The predicted molar refractivity (Wildman–Crippen MR) is 73.1 cm³/mol. The number of hydrogen-bond donors (Lipinski definition) is 2. The summed E-state index contributed by atoms with van der Waals surface area (Å²) in [5.41, 5.74) is 5.50. The van der Waals surface area contributed by atoms with Gasteiger partial charge in [0.2, 0.25) is 5.91 Å². The highest BCUT2D eigenvalue weighted by Gasteiger charge is 2.15. The number of thioether (sulfide) groups is 1. The van der Waals surface area contributed by atoms with Crippen molar-refractivity contribution in [2.24, 2.45) is 5.73 Å². The molecule has 7 heteroatoms. The van der Waals surface area contributed by atoms with Gasteiger partial charge >= 0.3 is 0 Å². The Hall–Kier alpha value is -1.76. The van der Waals surface area contributed by atoms with Crippen LogP contribution in [0.4, 0.5) is 11.4 Å². The monoisotopic (exact) mass is 269 g/mol. The van der Waals surface area contributed by atoms with E-state index in [1.54, 1.807) is 11.8 Å². The molecule has 0 aliphatic heterocycles. The molecule has 0 aromatic heterocycles. The van der Waals surface area contributed by atoms with Crippen LogP contribution < -0.4 is 11.1 Å². The molecule has 0 aliphatic rings. The van der Waals surface area contributed by atoms with Crippen LogP contribution in [0.15, 0.2) is 18.2 Å². The van der Waals surface area contributed by atoms with E-state index < -0.39 is 10.8 Å². The molecule has 0 heterocycles. The van der Waals surface area contributed by atoms with Crippen LogP contribution in [-0.4, -0.2) is 29.4 Å². The first-order valence-corrected chi connectivity index (χ1v) is 6.76. The van der Waals surface area contributed by atoms with Gasteiger partial charge in [0.1, 0.15) is 5.69 Å². The zero-order chi connectivity index (χ0) is 13.5. The third-order valence-electron chi connectivity index (χ3n) is 2.32. The van der Waals surface area contributed by atoms with E-state index in [1.807, 2.05) is 6.26 Å². The Labute approximate surface area is 109 Å². The molecule has 0 bridgehead atoms. The van der Waals surface area contributed by atoms with Gasteiger partial charge in [0.25, 0.3) is 5.69 Å². The van der Waals surface area contributed by atoms with Crippen LogP contribution in [0.3, 0.4) is 0 Å². The van der Waals surface area contributed by atoms with Crippen LogP contribution in [0.25, 0.3) is 0 Å². The summed E-state index contributed by atoms with van der Waals surface area (Å²) in [5.74, 6) is 0.312. The summed E-state index contributed by atoms with van der Waals surface area (Å²) in [7, 11) is 0. The van der Waals surface area contributed by atoms with Crippen molar-refractivity contribution in [3.63, 3.8) is 0 Å². The van der Waals surface area contributed by atoms with Gasteiger partial charge in [-0.05, 0) is 30.6 Å². The van der Waals surface area contributed by atoms with Gasteiger partial charge in [0.05, 0.1) is 4.92 Å². The number of rotatable bonds is 7. The highest BCUT2D eigenvalue weighted by atomic mass is 32.2. The molecule has 6 nitrogen and oxygen atoms in total. The first-order chi connectivity index (χ1) is 8.56. The van der Waals surface area contributed by atoms with Crippen molar-refractivity contribution >= 4 is 29.0 Å². The van der Waals surface area contributed by atoms with E-state index >= 15 is 0 Å². The molecule has 1 rings (SSSR count). The van der Waals surface area contributed by atoms with E-state index in [0.29, 0.717) is 12.2 Å². The molecule has 1 aromatic rings. The molecule has 3 N–H and O–H groups in total. The zero-order valence-electron chi connectivity index (χ0n) is 10.0. The Kier molecular flexibility index (Phi) is 5.44. The first kappa shape index (κ1) is 14.3. The number of nitro groups is 1. The number of anilines is 1. The molecule has 1 amide bonds. The van der Waals surface area contributed by atoms with Crippen LogP contribution in [0.2, 0.25) is 0 Å². The number of nitrogens with two attached hydrogens (primary N) is 1. The lowest BCUT2D eigenvalue weighted by atomic mass is 10.1. The first-order valence-electron chi connectivity index (χ1n) is 5.37. The molecule has 0 saturated heterocycles. The fourth-order valence-corrected chi connectivity index (χ4v) is 1.86. The summed E-state index contributed by atoms with van der Waals surface area (Å²) < 4.78 is 0. The molecule has 0 spiro atoms. The van der Waals surface area contributed by atoms with E-state index in [9.17, 15) is 14.9 Å². The Bertz CT molecular complexity index is 451. The Morgan fingerprint density at radius 1 is 1.56 bits per heavy atom. The standard InChI is InChI=1S/C11H15N3O3S/c1-18-6-2-5-13-9-4-3-8(11(12)15)7-10(9)14(16)17/h3-4,7,13H,2,5-6H2,1H3,(H2,12,15). The van der Waals surface area contributed by atoms with Crippen molar-refractivity contribution in [2.75, 3.05) is 23.9 Å². The molecular weight excluding hydrogens is 254 g/mol. The third kappa shape index (κ3) is 3.92. The number of benzene rings is 1. The van der Waals surface area contributed by atoms with Gasteiger partial charge in [0, 0.05) is 18.2 Å². The van der Waals surface area contributed by atoms with E-state index in [4.69, 9.17) is 5.73 Å². The molecule has 0 fully saturated rings. The number of carbonyl (C=O) groups is 1. The van der Waals surface area contributed by atoms with Gasteiger partial charge in [-0.1, -0.05) is 0 Å². The highest BCUT2D eigenvalue weighted by Crippen LogP contribution is 2.25. The molecule has 1 aromatic carbocycles. The van der Waals surface area contributed by atoms with Gasteiger partial charge in [-0.2, -0.15) is 11.8 Å². The Morgan fingerprint density at radius 2 is 2.28 bits per heavy atom. The number of amides is 1. The predicted octanol–water partition coefficient (Wildman–Crippen LogP) is 1.86. The summed E-state index contributed by atoms with van der Waals surface area (Å²) >= 11 is 1.72. The highest BCUT2D eigenvalue weighted by molar-refractivity contribution is 7.98. The van der Waals surface area contributed by atoms with Gasteiger partial charge in [-0.25, -0.2) is 0 Å². The normalized spacial score (nSPS) is 10.1. The maximum Gasteiger partial charge on any atom is 0.293 e. The number of primary amides is 1. The summed E-state index contributed by atoms with van der Waals surface area (Å²) in [6.07, 6.45) is 2.92. The number of nitro benzene ring substituents is 1. The third-order valence-corrected chi connectivity index (χ3v) is 3.02. The van der Waals surface area contributed by atoms with Crippen molar-refractivity contribution in [3.05, 3.63) is 33.9 Å². The van der Waals surface area contributed by atoms with Crippen LogP contribution in [0.5, 0.6) is 0 Å². The minimum atomic E-state index is -0.674. The maximum absolute atomic E-state index is 11.0. The topological polar surface area (TPSA) is 98.3 Å². The fraction of sp³-hybridized carbons (Fsp3) is 0.364. The molecule has 98 valence electrons. The van der Waals surface area contributed by atoms with Crippen molar-refractivity contribution in [1.82, 2.24) is 0 Å². The van der Waals surface area contributed by atoms with Crippen LogP contribution >= 0.6 is 11.8 Å². The maximum atomic E-state index is 11.0. The quantitative estimate of drug-likeness (QED) is 0.447. The lowest BCUT2D eigenvalue weighted by Crippen LogP contribution is -2.12. The molecule has 0 aliphatic carbocycles. The summed E-state index contributed by atoms with van der Waals surface area (Å²) in [6.45, 7) is 0.650. The van der Waals surface area contributed by atoms with Crippen LogP contribution in [0, 0.1) is 10.1 Å². The zero-order valence-corrected chi connectivity index (χ0v) is 10.8. The van der Waals surface area contributed by atoms with Gasteiger partial charge in [0.15, 0.2) is 0 Å². The van der Waals surface area contributed by atoms with Gasteiger partial charge < -0.3 is 11.1 Å². The Morgan fingerprint density at radius 3 is 2.83 bits per heavy atom. The number of hydrogen-bond acceptors (Lipinski definition) is 5. The minimum absolute atomic E-state index is 0.129. The average Bonchev–Trinajstić information content (AvgIpc) is 2.34. The Balaban J connectivity index is 2.83. The van der Waals surface area contributed by atoms with Crippen molar-refractivity contribution < 1.29 is 9.72 Å². The molecular formula is C11H15N3O3S. The summed E-state index contributed by atoms with van der Waals surface area (Å²) in [4.78, 5) is 21.3.